The monoisotopic (exact) mass is 266 g/mol. The van der Waals surface area contributed by atoms with Crippen molar-refractivity contribution in [2.45, 2.75) is 25.7 Å². The summed E-state index contributed by atoms with van der Waals surface area (Å²) in [4.78, 5) is 2.25. The first-order chi connectivity index (χ1) is 9.24. The molecule has 1 N–H and O–H groups in total. The molecule has 2 aliphatic heterocycles. The SMILES string of the molecule is Fc1cc2c(cc1F)N(CC1CCNCC1)CCC2. The van der Waals surface area contributed by atoms with Crippen LogP contribution >= 0.6 is 0 Å². The van der Waals surface area contributed by atoms with Crippen molar-refractivity contribution in [2.75, 3.05) is 31.1 Å². The van der Waals surface area contributed by atoms with Crippen molar-refractivity contribution >= 4 is 5.69 Å². The summed E-state index contributed by atoms with van der Waals surface area (Å²) in [5.74, 6) is -0.779. The Kier molecular flexibility index (Phi) is 3.69. The first kappa shape index (κ1) is 12.9. The van der Waals surface area contributed by atoms with Gasteiger partial charge in [0, 0.05) is 24.8 Å². The van der Waals surface area contributed by atoms with Crippen LogP contribution in [0.25, 0.3) is 0 Å². The van der Waals surface area contributed by atoms with Crippen LogP contribution < -0.4 is 10.2 Å². The molecule has 3 rings (SSSR count). The number of fused-ring (bicyclic) bond motifs is 1. The summed E-state index contributed by atoms with van der Waals surface area (Å²) in [6.45, 7) is 4.08. The van der Waals surface area contributed by atoms with E-state index in [1.54, 1.807) is 0 Å². The lowest BCUT2D eigenvalue weighted by Crippen LogP contribution is -2.38. The Hall–Kier alpha value is -1.16. The number of nitrogens with one attached hydrogen (secondary N) is 1. The minimum atomic E-state index is -0.726. The maximum Gasteiger partial charge on any atom is 0.160 e. The Bertz CT molecular complexity index is 456. The molecule has 2 heterocycles. The Labute approximate surface area is 112 Å². The van der Waals surface area contributed by atoms with Gasteiger partial charge in [-0.2, -0.15) is 0 Å². The number of rotatable bonds is 2. The molecule has 0 atom stereocenters. The highest BCUT2D eigenvalue weighted by molar-refractivity contribution is 5.56. The Morgan fingerprint density at radius 1 is 1.16 bits per heavy atom. The quantitative estimate of drug-likeness (QED) is 0.885. The molecule has 0 aromatic heterocycles. The molecule has 2 aliphatic rings. The molecule has 104 valence electrons. The minimum Gasteiger partial charge on any atom is -0.371 e. The van der Waals surface area contributed by atoms with Crippen molar-refractivity contribution in [1.82, 2.24) is 5.32 Å². The summed E-state index contributed by atoms with van der Waals surface area (Å²) in [5.41, 5.74) is 1.86. The van der Waals surface area contributed by atoms with E-state index in [1.807, 2.05) is 0 Å². The van der Waals surface area contributed by atoms with Gasteiger partial charge in [0.15, 0.2) is 11.6 Å². The van der Waals surface area contributed by atoms with E-state index < -0.39 is 11.6 Å². The van der Waals surface area contributed by atoms with Crippen molar-refractivity contribution in [3.8, 4) is 0 Å². The Morgan fingerprint density at radius 3 is 2.68 bits per heavy atom. The van der Waals surface area contributed by atoms with Gasteiger partial charge in [0.2, 0.25) is 0 Å². The lowest BCUT2D eigenvalue weighted by molar-refractivity contribution is 0.371. The van der Waals surface area contributed by atoms with Crippen LogP contribution in [-0.2, 0) is 6.42 Å². The van der Waals surface area contributed by atoms with Crippen molar-refractivity contribution < 1.29 is 8.78 Å². The number of anilines is 1. The second-order valence-electron chi connectivity index (χ2n) is 5.64. The summed E-state index contributed by atoms with van der Waals surface area (Å²) in [5, 5.41) is 3.36. The highest BCUT2D eigenvalue weighted by Crippen LogP contribution is 2.30. The van der Waals surface area contributed by atoms with Gasteiger partial charge >= 0.3 is 0 Å². The average Bonchev–Trinajstić information content (AvgIpc) is 2.42. The van der Waals surface area contributed by atoms with Crippen molar-refractivity contribution in [1.29, 1.82) is 0 Å². The van der Waals surface area contributed by atoms with Crippen LogP contribution in [0.1, 0.15) is 24.8 Å². The zero-order chi connectivity index (χ0) is 13.2. The van der Waals surface area contributed by atoms with Gasteiger partial charge in [0.05, 0.1) is 0 Å². The molecule has 4 heteroatoms. The van der Waals surface area contributed by atoms with Crippen LogP contribution in [0.2, 0.25) is 0 Å². The second-order valence-corrected chi connectivity index (χ2v) is 5.64. The fourth-order valence-electron chi connectivity index (χ4n) is 3.22. The minimum absolute atomic E-state index is 0.667. The van der Waals surface area contributed by atoms with Crippen LogP contribution in [0.5, 0.6) is 0 Å². The summed E-state index contributed by atoms with van der Waals surface area (Å²) in [6, 6.07) is 2.75. The van der Waals surface area contributed by atoms with Gasteiger partial charge in [0.1, 0.15) is 0 Å². The third kappa shape index (κ3) is 2.73. The van der Waals surface area contributed by atoms with Gasteiger partial charge in [-0.05, 0) is 56.3 Å². The van der Waals surface area contributed by atoms with Crippen molar-refractivity contribution in [2.24, 2.45) is 5.92 Å². The number of piperidine rings is 1. The maximum absolute atomic E-state index is 13.4. The molecule has 1 saturated heterocycles. The predicted molar refractivity (Wildman–Crippen MR) is 72.5 cm³/mol. The highest BCUT2D eigenvalue weighted by atomic mass is 19.2. The maximum atomic E-state index is 13.4. The van der Waals surface area contributed by atoms with E-state index in [0.717, 1.165) is 50.3 Å². The first-order valence-electron chi connectivity index (χ1n) is 7.17. The summed E-state index contributed by atoms with van der Waals surface area (Å²) < 4.78 is 26.7. The molecule has 0 spiro atoms. The molecule has 1 fully saturated rings. The number of halogens is 2. The second kappa shape index (κ2) is 5.45. The zero-order valence-corrected chi connectivity index (χ0v) is 11.1. The Morgan fingerprint density at radius 2 is 1.89 bits per heavy atom. The normalized spacial score (nSPS) is 20.4. The standard InChI is InChI=1S/C15H20F2N2/c16-13-8-12-2-1-7-19(15(12)9-14(13)17)10-11-3-5-18-6-4-11/h8-9,11,18H,1-7,10H2. The fraction of sp³-hybridized carbons (Fsp3) is 0.600. The molecule has 0 amide bonds. The van der Waals surface area contributed by atoms with Gasteiger partial charge in [-0.3, -0.25) is 0 Å². The molecule has 0 aliphatic carbocycles. The lowest BCUT2D eigenvalue weighted by atomic mass is 9.95. The van der Waals surface area contributed by atoms with Crippen LogP contribution in [0.15, 0.2) is 12.1 Å². The van der Waals surface area contributed by atoms with Crippen molar-refractivity contribution in [3.63, 3.8) is 0 Å². The summed E-state index contributed by atoms with van der Waals surface area (Å²) in [7, 11) is 0. The summed E-state index contributed by atoms with van der Waals surface area (Å²) in [6.07, 6.45) is 4.24. The first-order valence-corrected chi connectivity index (χ1v) is 7.17. The van der Waals surface area contributed by atoms with E-state index in [2.05, 4.69) is 10.2 Å². The molecule has 0 radical (unpaired) electrons. The number of hydrogen-bond acceptors (Lipinski definition) is 2. The lowest BCUT2D eigenvalue weighted by Gasteiger charge is -2.35. The number of hydrogen-bond donors (Lipinski definition) is 1. The average molecular weight is 266 g/mol. The fourth-order valence-corrected chi connectivity index (χ4v) is 3.22. The third-order valence-electron chi connectivity index (χ3n) is 4.27. The van der Waals surface area contributed by atoms with E-state index in [1.165, 1.54) is 25.0 Å². The van der Waals surface area contributed by atoms with Gasteiger partial charge in [-0.15, -0.1) is 0 Å². The van der Waals surface area contributed by atoms with E-state index in [-0.39, 0.29) is 0 Å². The smallest absolute Gasteiger partial charge is 0.160 e. The van der Waals surface area contributed by atoms with Crippen LogP contribution in [-0.4, -0.2) is 26.2 Å². The topological polar surface area (TPSA) is 15.3 Å². The molecule has 2 nitrogen and oxygen atoms in total. The molecule has 1 aromatic carbocycles. The van der Waals surface area contributed by atoms with Gasteiger partial charge in [-0.1, -0.05) is 0 Å². The van der Waals surface area contributed by atoms with Gasteiger partial charge in [-0.25, -0.2) is 8.78 Å². The summed E-state index contributed by atoms with van der Waals surface area (Å²) >= 11 is 0. The third-order valence-corrected chi connectivity index (χ3v) is 4.27. The number of nitrogens with zero attached hydrogens (tertiary/aromatic N) is 1. The zero-order valence-electron chi connectivity index (χ0n) is 11.1. The predicted octanol–water partition coefficient (Wildman–Crippen LogP) is 2.72. The van der Waals surface area contributed by atoms with E-state index >= 15 is 0 Å². The van der Waals surface area contributed by atoms with Crippen LogP contribution in [0, 0.1) is 17.6 Å². The van der Waals surface area contributed by atoms with Crippen LogP contribution in [0.4, 0.5) is 14.5 Å². The number of benzene rings is 1. The van der Waals surface area contributed by atoms with E-state index in [4.69, 9.17) is 0 Å². The van der Waals surface area contributed by atoms with Gasteiger partial charge < -0.3 is 10.2 Å². The Balaban J connectivity index is 1.79. The molecule has 0 saturated carbocycles. The molecule has 0 bridgehead atoms. The molecule has 0 unspecified atom stereocenters. The molecular formula is C15H20F2N2. The largest absolute Gasteiger partial charge is 0.371 e. The van der Waals surface area contributed by atoms with E-state index in [9.17, 15) is 8.78 Å². The highest BCUT2D eigenvalue weighted by Gasteiger charge is 2.23. The van der Waals surface area contributed by atoms with Crippen LogP contribution in [0.3, 0.4) is 0 Å². The molecular weight excluding hydrogens is 246 g/mol. The molecule has 19 heavy (non-hydrogen) atoms. The van der Waals surface area contributed by atoms with Crippen molar-refractivity contribution in [3.05, 3.63) is 29.3 Å². The molecule has 1 aromatic rings. The van der Waals surface area contributed by atoms with E-state index in [0.29, 0.717) is 5.92 Å². The van der Waals surface area contributed by atoms with Gasteiger partial charge in [0.25, 0.3) is 0 Å². The number of aryl methyl sites for hydroxylation is 1.